The van der Waals surface area contributed by atoms with Crippen molar-refractivity contribution in [1.82, 2.24) is 29.5 Å². The molecule has 45 heavy (non-hydrogen) atoms. The van der Waals surface area contributed by atoms with Crippen molar-refractivity contribution in [3.63, 3.8) is 0 Å². The normalized spacial score (nSPS) is 17.2. The van der Waals surface area contributed by atoms with Gasteiger partial charge >= 0.3 is 6.18 Å². The quantitative estimate of drug-likeness (QED) is 0.220. The van der Waals surface area contributed by atoms with Gasteiger partial charge in [0.05, 0.1) is 29.9 Å². The third-order valence-corrected chi connectivity index (χ3v) is 7.93. The molecule has 0 saturated heterocycles. The second kappa shape index (κ2) is 11.9. The standard InChI is InChI=1S/C31H24ClF4N7O2/c1-17-3-2-4-26(19-9-18(13-37-14-19)22-11-21(33)6-7-24(22)39-30(17)45)42-16-38-25(12-29(42)44)23-10-20(32)5-8-27(23)43-15-28(40-41-43)31(34,35)36/h5-17,26H,2-4H2,1H3,(H,39,45)/t17-,26+/m1/s1. The molecule has 3 aromatic heterocycles. The number of halogens is 5. The molecule has 0 spiro atoms. The number of pyridine rings is 1. The molecular weight excluding hydrogens is 614 g/mol. The maximum Gasteiger partial charge on any atom is 0.436 e. The molecule has 1 N–H and O–H groups in total. The van der Waals surface area contributed by atoms with Gasteiger partial charge < -0.3 is 5.32 Å². The van der Waals surface area contributed by atoms with E-state index in [9.17, 15) is 27.2 Å². The fraction of sp³-hybridized carbons (Fsp3) is 0.226. The van der Waals surface area contributed by atoms with Crippen molar-refractivity contribution in [2.45, 2.75) is 38.4 Å². The first-order valence-corrected chi connectivity index (χ1v) is 14.3. The number of fused-ring (bicyclic) bond motifs is 4. The number of alkyl halides is 3. The van der Waals surface area contributed by atoms with Gasteiger partial charge in [0.15, 0.2) is 5.69 Å². The van der Waals surface area contributed by atoms with E-state index in [0.717, 1.165) is 10.9 Å². The number of amides is 1. The van der Waals surface area contributed by atoms with Gasteiger partial charge in [0.2, 0.25) is 5.91 Å². The molecule has 230 valence electrons. The van der Waals surface area contributed by atoms with E-state index in [1.54, 1.807) is 25.4 Å². The number of hydrogen-bond acceptors (Lipinski definition) is 6. The van der Waals surface area contributed by atoms with Gasteiger partial charge in [-0.25, -0.2) is 14.1 Å². The van der Waals surface area contributed by atoms with Gasteiger partial charge in [-0.1, -0.05) is 30.2 Å². The Morgan fingerprint density at radius 2 is 1.82 bits per heavy atom. The first-order chi connectivity index (χ1) is 21.5. The monoisotopic (exact) mass is 637 g/mol. The zero-order valence-corrected chi connectivity index (χ0v) is 24.3. The summed E-state index contributed by atoms with van der Waals surface area (Å²) in [4.78, 5) is 35.5. The predicted octanol–water partition coefficient (Wildman–Crippen LogP) is 6.71. The minimum atomic E-state index is -4.69. The second-order valence-corrected chi connectivity index (χ2v) is 11.2. The molecule has 2 bridgehead atoms. The lowest BCUT2D eigenvalue weighted by Gasteiger charge is -2.23. The van der Waals surface area contributed by atoms with E-state index in [1.807, 2.05) is 0 Å². The van der Waals surface area contributed by atoms with Crippen molar-refractivity contribution in [3.05, 3.63) is 106 Å². The van der Waals surface area contributed by atoms with Crippen LogP contribution in [-0.2, 0) is 11.0 Å². The summed E-state index contributed by atoms with van der Waals surface area (Å²) >= 11 is 6.22. The molecular formula is C31H24ClF4N7O2. The first-order valence-electron chi connectivity index (χ1n) is 13.9. The Labute approximate surface area is 258 Å². The Balaban J connectivity index is 1.42. The van der Waals surface area contributed by atoms with Gasteiger partial charge in [0.1, 0.15) is 5.82 Å². The van der Waals surface area contributed by atoms with E-state index in [0.29, 0.717) is 41.6 Å². The number of nitrogens with one attached hydrogen (secondary N) is 1. The van der Waals surface area contributed by atoms with E-state index in [4.69, 9.17) is 11.6 Å². The van der Waals surface area contributed by atoms with Crippen LogP contribution >= 0.6 is 11.6 Å². The maximum atomic E-state index is 14.3. The van der Waals surface area contributed by atoms with Crippen molar-refractivity contribution in [2.24, 2.45) is 5.92 Å². The van der Waals surface area contributed by atoms with E-state index in [2.05, 4.69) is 25.6 Å². The van der Waals surface area contributed by atoms with Gasteiger partial charge in [-0.15, -0.1) is 5.10 Å². The molecule has 2 atom stereocenters. The molecule has 0 fully saturated rings. The van der Waals surface area contributed by atoms with E-state index < -0.39 is 29.3 Å². The van der Waals surface area contributed by atoms with Crippen LogP contribution in [0.2, 0.25) is 5.02 Å². The Morgan fingerprint density at radius 1 is 1.00 bits per heavy atom. The molecule has 0 aliphatic carbocycles. The number of nitrogens with zero attached hydrogens (tertiary/aromatic N) is 6. The number of aromatic nitrogens is 6. The smallest absolute Gasteiger partial charge is 0.325 e. The highest BCUT2D eigenvalue weighted by Crippen LogP contribution is 2.35. The first kappa shape index (κ1) is 30.1. The van der Waals surface area contributed by atoms with Crippen LogP contribution in [0, 0.1) is 11.7 Å². The number of hydrogen-bond donors (Lipinski definition) is 1. The molecule has 1 aliphatic rings. The van der Waals surface area contributed by atoms with Crippen molar-refractivity contribution < 1.29 is 22.4 Å². The topological polar surface area (TPSA) is 108 Å². The molecule has 9 nitrogen and oxygen atoms in total. The summed E-state index contributed by atoms with van der Waals surface area (Å²) in [6.07, 6.45) is 2.15. The van der Waals surface area contributed by atoms with Crippen molar-refractivity contribution in [2.75, 3.05) is 5.32 Å². The summed E-state index contributed by atoms with van der Waals surface area (Å²) in [5, 5.41) is 9.99. The zero-order valence-electron chi connectivity index (χ0n) is 23.6. The number of anilines is 1. The summed E-state index contributed by atoms with van der Waals surface area (Å²) in [7, 11) is 0. The lowest BCUT2D eigenvalue weighted by Crippen LogP contribution is -2.26. The average molecular weight is 638 g/mol. The summed E-state index contributed by atoms with van der Waals surface area (Å²) in [5.74, 6) is -1.05. The van der Waals surface area contributed by atoms with Gasteiger partial charge in [0, 0.05) is 51.8 Å². The SMILES string of the molecule is C[C@@H]1CCC[C@H](n2cnc(-c3cc(Cl)ccc3-n3cc(C(F)(F)F)nn3)cc2=O)c2cncc(c2)-c2cc(F)ccc2NC1=O. The van der Waals surface area contributed by atoms with Gasteiger partial charge in [0.25, 0.3) is 5.56 Å². The molecule has 0 saturated carbocycles. The van der Waals surface area contributed by atoms with E-state index >= 15 is 0 Å². The number of carbonyl (C=O) groups excluding carboxylic acids is 1. The maximum absolute atomic E-state index is 14.3. The molecule has 1 amide bonds. The summed E-state index contributed by atoms with van der Waals surface area (Å²) < 4.78 is 56.3. The molecule has 5 aromatic rings. The number of benzene rings is 2. The Hall–Kier alpha value is -4.91. The second-order valence-electron chi connectivity index (χ2n) is 10.8. The third kappa shape index (κ3) is 6.21. The van der Waals surface area contributed by atoms with E-state index in [1.165, 1.54) is 53.4 Å². The molecule has 0 radical (unpaired) electrons. The average Bonchev–Trinajstić information content (AvgIpc) is 3.51. The lowest BCUT2D eigenvalue weighted by molar-refractivity contribution is -0.141. The van der Waals surface area contributed by atoms with Crippen LogP contribution in [0.25, 0.3) is 28.1 Å². The van der Waals surface area contributed by atoms with Crippen LogP contribution < -0.4 is 10.9 Å². The Kier molecular flexibility index (Phi) is 7.96. The van der Waals surface area contributed by atoms with Crippen molar-refractivity contribution in [3.8, 4) is 28.1 Å². The van der Waals surface area contributed by atoms with Crippen LogP contribution in [0.1, 0.15) is 43.5 Å². The van der Waals surface area contributed by atoms with Gasteiger partial charge in [-0.2, -0.15) is 13.2 Å². The van der Waals surface area contributed by atoms with Crippen LogP contribution in [0.3, 0.4) is 0 Å². The van der Waals surface area contributed by atoms with Gasteiger partial charge in [-0.05, 0) is 60.9 Å². The fourth-order valence-corrected chi connectivity index (χ4v) is 5.51. The molecule has 6 rings (SSSR count). The minimum absolute atomic E-state index is 0.160. The summed E-state index contributed by atoms with van der Waals surface area (Å²) in [5.41, 5.74) is 1.10. The molecule has 14 heteroatoms. The Morgan fingerprint density at radius 3 is 2.58 bits per heavy atom. The van der Waals surface area contributed by atoms with Crippen LogP contribution in [-0.4, -0.2) is 35.4 Å². The van der Waals surface area contributed by atoms with Crippen molar-refractivity contribution >= 4 is 23.2 Å². The van der Waals surface area contributed by atoms with Crippen LogP contribution in [0.5, 0.6) is 0 Å². The minimum Gasteiger partial charge on any atom is -0.325 e. The van der Waals surface area contributed by atoms with Gasteiger partial charge in [-0.3, -0.25) is 19.1 Å². The lowest BCUT2D eigenvalue weighted by atomic mass is 9.94. The molecule has 0 unspecified atom stereocenters. The summed E-state index contributed by atoms with van der Waals surface area (Å²) in [6.45, 7) is 1.80. The third-order valence-electron chi connectivity index (χ3n) is 7.69. The molecule has 2 aromatic carbocycles. The largest absolute Gasteiger partial charge is 0.436 e. The summed E-state index contributed by atoms with van der Waals surface area (Å²) in [6, 6.07) is 11.0. The Bertz CT molecular complexity index is 1970. The highest BCUT2D eigenvalue weighted by atomic mass is 35.5. The fourth-order valence-electron chi connectivity index (χ4n) is 5.34. The highest BCUT2D eigenvalue weighted by Gasteiger charge is 2.35. The van der Waals surface area contributed by atoms with Crippen LogP contribution in [0.15, 0.2) is 78.2 Å². The number of rotatable bonds is 3. The number of carbonyl (C=O) groups is 1. The van der Waals surface area contributed by atoms with E-state index in [-0.39, 0.29) is 33.8 Å². The van der Waals surface area contributed by atoms with Crippen LogP contribution in [0.4, 0.5) is 23.2 Å². The van der Waals surface area contributed by atoms with Crippen molar-refractivity contribution in [1.29, 1.82) is 0 Å². The molecule has 4 heterocycles. The zero-order chi connectivity index (χ0) is 31.9. The highest BCUT2D eigenvalue weighted by molar-refractivity contribution is 6.31. The predicted molar refractivity (Wildman–Crippen MR) is 158 cm³/mol. The molecule has 1 aliphatic heterocycles.